The van der Waals surface area contributed by atoms with E-state index in [9.17, 15) is 18.8 Å². The highest BCUT2D eigenvalue weighted by molar-refractivity contribution is 6.09. The molecule has 0 unspecified atom stereocenters. The van der Waals surface area contributed by atoms with Gasteiger partial charge in [-0.15, -0.1) is 0 Å². The van der Waals surface area contributed by atoms with Crippen molar-refractivity contribution in [1.29, 1.82) is 0 Å². The number of piperazine rings is 1. The summed E-state index contributed by atoms with van der Waals surface area (Å²) in [5.74, 6) is -0.200. The molecule has 0 atom stereocenters. The molecular weight excluding hydrogens is 677 g/mol. The molecule has 4 aromatic carbocycles. The molecule has 3 amide bonds. The third-order valence-electron chi connectivity index (χ3n) is 9.02. The monoisotopic (exact) mass is 717 g/mol. The van der Waals surface area contributed by atoms with E-state index in [0.29, 0.717) is 29.6 Å². The standard InChI is InChI=1S/C41H40FN5O6/c1-41(2,3)53-39(49)44-47-23-21-45(22-24-47)40(50)52-36-31-15-10-20-43-34(31)37(51-35(28-11-6-4-7-12-28)29-13-8-5-9-14-29)33-32(36)26-46(38(33)48)25-27-16-18-30(42)19-17-27/h4-20,35H,21-26H2,1-3H3,(H,44,49). The van der Waals surface area contributed by atoms with Gasteiger partial charge in [0.15, 0.2) is 5.75 Å². The lowest BCUT2D eigenvalue weighted by Gasteiger charge is -2.34. The number of pyridine rings is 1. The highest BCUT2D eigenvalue weighted by atomic mass is 19.1. The first kappa shape index (κ1) is 35.4. The van der Waals surface area contributed by atoms with E-state index in [4.69, 9.17) is 19.2 Å². The smallest absolute Gasteiger partial charge is 0.422 e. The van der Waals surface area contributed by atoms with Crippen LogP contribution in [0.15, 0.2) is 103 Å². The van der Waals surface area contributed by atoms with Crippen molar-refractivity contribution in [2.75, 3.05) is 26.2 Å². The number of hydrogen-bond acceptors (Lipinski definition) is 8. The van der Waals surface area contributed by atoms with E-state index < -0.39 is 23.9 Å². The maximum absolute atomic E-state index is 14.5. The van der Waals surface area contributed by atoms with E-state index in [2.05, 4.69) is 5.43 Å². The second-order valence-corrected chi connectivity index (χ2v) is 14.0. The summed E-state index contributed by atoms with van der Waals surface area (Å²) in [6.07, 6.45) is -0.148. The van der Waals surface area contributed by atoms with Crippen LogP contribution in [0.3, 0.4) is 0 Å². The Kier molecular flexibility index (Phi) is 9.96. The van der Waals surface area contributed by atoms with Crippen molar-refractivity contribution in [3.05, 3.63) is 137 Å². The Balaban J connectivity index is 1.24. The first-order valence-corrected chi connectivity index (χ1v) is 17.5. The van der Waals surface area contributed by atoms with E-state index in [-0.39, 0.29) is 55.0 Å². The lowest BCUT2D eigenvalue weighted by atomic mass is 9.99. The Morgan fingerprint density at radius 1 is 0.849 bits per heavy atom. The minimum Gasteiger partial charge on any atom is -0.478 e. The number of carbonyl (C=O) groups is 3. The van der Waals surface area contributed by atoms with Crippen LogP contribution in [0.1, 0.15) is 59.5 Å². The van der Waals surface area contributed by atoms with Crippen LogP contribution in [0.4, 0.5) is 14.0 Å². The van der Waals surface area contributed by atoms with Crippen LogP contribution in [-0.4, -0.2) is 69.7 Å². The van der Waals surface area contributed by atoms with Crippen LogP contribution in [-0.2, 0) is 17.8 Å². The Morgan fingerprint density at radius 2 is 1.49 bits per heavy atom. The van der Waals surface area contributed by atoms with Crippen molar-refractivity contribution in [2.24, 2.45) is 0 Å². The lowest BCUT2D eigenvalue weighted by molar-refractivity contribution is 0.0237. The first-order chi connectivity index (χ1) is 25.5. The first-order valence-electron chi connectivity index (χ1n) is 17.5. The SMILES string of the molecule is CC(C)(C)OC(=O)NN1CCN(C(=O)Oc2c3c(c(OC(c4ccccc4)c4ccccc4)c4ncccc24)C(=O)N(Cc2ccc(F)cc2)C3)CC1. The van der Waals surface area contributed by atoms with Crippen LogP contribution in [0.25, 0.3) is 10.9 Å². The quantitative estimate of drug-likeness (QED) is 0.179. The zero-order valence-electron chi connectivity index (χ0n) is 29.8. The average molecular weight is 718 g/mol. The number of halogens is 1. The van der Waals surface area contributed by atoms with E-state index >= 15 is 0 Å². The molecule has 0 bridgehead atoms. The van der Waals surface area contributed by atoms with E-state index in [1.807, 2.05) is 60.7 Å². The molecule has 2 aliphatic heterocycles. The van der Waals surface area contributed by atoms with Crippen molar-refractivity contribution in [3.8, 4) is 11.5 Å². The molecule has 3 heterocycles. The van der Waals surface area contributed by atoms with E-state index in [1.54, 1.807) is 66.0 Å². The van der Waals surface area contributed by atoms with Gasteiger partial charge >= 0.3 is 12.2 Å². The van der Waals surface area contributed by atoms with Gasteiger partial charge in [0.2, 0.25) is 0 Å². The van der Waals surface area contributed by atoms with Crippen molar-refractivity contribution < 1.29 is 33.0 Å². The number of hydrogen-bond donors (Lipinski definition) is 1. The number of ether oxygens (including phenoxy) is 3. The summed E-state index contributed by atoms with van der Waals surface area (Å²) in [5, 5.41) is 2.21. The molecule has 12 heteroatoms. The number of nitrogens with zero attached hydrogens (tertiary/aromatic N) is 4. The topological polar surface area (TPSA) is 114 Å². The molecule has 2 aliphatic rings. The number of nitrogens with one attached hydrogen (secondary N) is 1. The number of rotatable bonds is 8. The van der Waals surface area contributed by atoms with Gasteiger partial charge < -0.3 is 24.0 Å². The zero-order chi connectivity index (χ0) is 37.1. The Hall–Kier alpha value is -6.01. The minimum atomic E-state index is -0.645. The number of benzene rings is 4. The zero-order valence-corrected chi connectivity index (χ0v) is 29.8. The molecule has 0 saturated carbocycles. The third-order valence-corrected chi connectivity index (χ3v) is 9.02. The molecule has 1 saturated heterocycles. The molecule has 5 aromatic rings. The second-order valence-electron chi connectivity index (χ2n) is 14.0. The summed E-state index contributed by atoms with van der Waals surface area (Å²) >= 11 is 0. The van der Waals surface area contributed by atoms with Gasteiger partial charge in [-0.05, 0) is 61.7 Å². The molecule has 11 nitrogen and oxygen atoms in total. The second kappa shape index (κ2) is 14.9. The van der Waals surface area contributed by atoms with Crippen LogP contribution >= 0.6 is 0 Å². The average Bonchev–Trinajstić information content (AvgIpc) is 3.47. The molecule has 1 N–H and O–H groups in total. The van der Waals surface area contributed by atoms with Crippen LogP contribution in [0.2, 0.25) is 0 Å². The Morgan fingerprint density at radius 3 is 2.11 bits per heavy atom. The van der Waals surface area contributed by atoms with Crippen LogP contribution in [0, 0.1) is 5.82 Å². The highest BCUT2D eigenvalue weighted by Gasteiger charge is 2.39. The van der Waals surface area contributed by atoms with Crippen molar-refractivity contribution >= 4 is 29.0 Å². The summed E-state index contributed by atoms with van der Waals surface area (Å²) in [6.45, 7) is 6.93. The summed E-state index contributed by atoms with van der Waals surface area (Å²) in [5.41, 5.74) is 5.69. The normalized spacial score (nSPS) is 14.7. The van der Waals surface area contributed by atoms with E-state index in [1.165, 1.54) is 12.1 Å². The molecule has 1 aromatic heterocycles. The number of aromatic nitrogens is 1. The number of amides is 3. The van der Waals surface area contributed by atoms with Gasteiger partial charge in [0.05, 0.1) is 12.1 Å². The summed E-state index contributed by atoms with van der Waals surface area (Å²) in [6, 6.07) is 29.0. The fraction of sp³-hybridized carbons (Fsp3) is 0.268. The summed E-state index contributed by atoms with van der Waals surface area (Å²) < 4.78 is 32.3. The van der Waals surface area contributed by atoms with Gasteiger partial charge in [-0.25, -0.2) is 19.0 Å². The molecule has 7 rings (SSSR count). The van der Waals surface area contributed by atoms with Gasteiger partial charge in [0.25, 0.3) is 5.91 Å². The predicted octanol–water partition coefficient (Wildman–Crippen LogP) is 7.25. The molecule has 272 valence electrons. The molecule has 53 heavy (non-hydrogen) atoms. The Bertz CT molecular complexity index is 2080. The minimum absolute atomic E-state index is 0.115. The highest BCUT2D eigenvalue weighted by Crippen LogP contribution is 2.46. The molecule has 0 spiro atoms. The van der Waals surface area contributed by atoms with Crippen molar-refractivity contribution in [3.63, 3.8) is 0 Å². The van der Waals surface area contributed by atoms with Crippen LogP contribution in [0.5, 0.6) is 11.5 Å². The van der Waals surface area contributed by atoms with Gasteiger partial charge in [-0.2, -0.15) is 0 Å². The number of hydrazine groups is 1. The van der Waals surface area contributed by atoms with Gasteiger partial charge in [0, 0.05) is 49.9 Å². The van der Waals surface area contributed by atoms with Gasteiger partial charge in [0.1, 0.15) is 28.8 Å². The molecule has 1 fully saturated rings. The van der Waals surface area contributed by atoms with Crippen molar-refractivity contribution in [2.45, 2.75) is 45.6 Å². The lowest BCUT2D eigenvalue weighted by Crippen LogP contribution is -2.55. The fourth-order valence-electron chi connectivity index (χ4n) is 6.55. The Labute approximate surface area is 306 Å². The largest absolute Gasteiger partial charge is 0.478 e. The maximum Gasteiger partial charge on any atom is 0.422 e. The molecule has 0 aliphatic carbocycles. The van der Waals surface area contributed by atoms with Gasteiger partial charge in [-0.1, -0.05) is 72.8 Å². The fourth-order valence-corrected chi connectivity index (χ4v) is 6.55. The predicted molar refractivity (Wildman–Crippen MR) is 196 cm³/mol. The van der Waals surface area contributed by atoms with Crippen LogP contribution < -0.4 is 14.9 Å². The molecular formula is C41H40FN5O6. The van der Waals surface area contributed by atoms with Gasteiger partial charge in [-0.3, -0.25) is 15.2 Å². The number of fused-ring (bicyclic) bond motifs is 2. The summed E-state index contributed by atoms with van der Waals surface area (Å²) in [4.78, 5) is 48.5. The summed E-state index contributed by atoms with van der Waals surface area (Å²) in [7, 11) is 0. The third kappa shape index (κ3) is 7.92. The van der Waals surface area contributed by atoms with Crippen molar-refractivity contribution in [1.82, 2.24) is 25.2 Å². The number of carbonyl (C=O) groups excluding carboxylic acids is 3. The molecule has 0 radical (unpaired) electrons. The maximum atomic E-state index is 14.5. The van der Waals surface area contributed by atoms with E-state index in [0.717, 1.165) is 16.7 Å².